The highest BCUT2D eigenvalue weighted by Gasteiger charge is 2.47. The van der Waals surface area contributed by atoms with Gasteiger partial charge in [0.15, 0.2) is 0 Å². The summed E-state index contributed by atoms with van der Waals surface area (Å²) >= 11 is 0. The zero-order chi connectivity index (χ0) is 25.7. The largest absolute Gasteiger partial charge is 0.507 e. The van der Waals surface area contributed by atoms with Crippen LogP contribution in [0.2, 0.25) is 0 Å². The first kappa shape index (κ1) is 25.0. The molecule has 4 rings (SSSR count). The molecule has 6 heteroatoms. The molecule has 186 valence electrons. The van der Waals surface area contributed by atoms with E-state index < -0.39 is 17.7 Å². The first-order valence-electron chi connectivity index (χ1n) is 12.3. The van der Waals surface area contributed by atoms with Gasteiger partial charge in [0.2, 0.25) is 0 Å². The number of aliphatic hydroxyl groups excluding tert-OH is 1. The van der Waals surface area contributed by atoms with E-state index in [2.05, 4.69) is 0 Å². The highest BCUT2D eigenvalue weighted by Crippen LogP contribution is 2.43. The van der Waals surface area contributed by atoms with Crippen LogP contribution in [0.3, 0.4) is 0 Å². The minimum Gasteiger partial charge on any atom is -0.507 e. The van der Waals surface area contributed by atoms with E-state index >= 15 is 0 Å². The van der Waals surface area contributed by atoms with Crippen LogP contribution >= 0.6 is 0 Å². The summed E-state index contributed by atoms with van der Waals surface area (Å²) in [6.07, 6.45) is 1.73. The van der Waals surface area contributed by atoms with E-state index in [1.54, 1.807) is 36.4 Å². The Morgan fingerprint density at radius 2 is 1.61 bits per heavy atom. The van der Waals surface area contributed by atoms with Crippen molar-refractivity contribution in [1.29, 1.82) is 0 Å². The lowest BCUT2D eigenvalue weighted by Gasteiger charge is -2.26. The maximum atomic E-state index is 13.4. The number of rotatable bonds is 9. The van der Waals surface area contributed by atoms with Crippen LogP contribution in [-0.4, -0.2) is 30.0 Å². The van der Waals surface area contributed by atoms with Gasteiger partial charge in [0.05, 0.1) is 24.8 Å². The van der Waals surface area contributed by atoms with Gasteiger partial charge in [-0.2, -0.15) is 0 Å². The molecule has 1 unspecified atom stereocenters. The van der Waals surface area contributed by atoms with E-state index in [9.17, 15) is 14.7 Å². The summed E-state index contributed by atoms with van der Waals surface area (Å²) in [5, 5.41) is 11.4. The topological polar surface area (TPSA) is 76.1 Å². The van der Waals surface area contributed by atoms with Crippen LogP contribution in [0, 0.1) is 6.92 Å². The standard InChI is InChI=1S/C30H31NO5/c1-4-16-35-24-13-9-12-23(19-24)31-27(21-10-7-6-8-11-21)26(29(33)30(31)34)28(32)22-14-15-25(20(3)18-22)36-17-5-2/h6-15,18-19,27,32H,4-5,16-17H2,1-3H3/b28-26+. The lowest BCUT2D eigenvalue weighted by Crippen LogP contribution is -2.29. The van der Waals surface area contributed by atoms with E-state index in [0.29, 0.717) is 30.2 Å². The maximum Gasteiger partial charge on any atom is 0.300 e. The predicted molar refractivity (Wildman–Crippen MR) is 140 cm³/mol. The number of nitrogens with zero attached hydrogens (tertiary/aromatic N) is 1. The van der Waals surface area contributed by atoms with Gasteiger partial charge in [-0.05, 0) is 61.2 Å². The Bertz CT molecular complexity index is 1280. The van der Waals surface area contributed by atoms with Crippen molar-refractivity contribution in [2.24, 2.45) is 0 Å². The summed E-state index contributed by atoms with van der Waals surface area (Å²) in [5.41, 5.74) is 2.58. The normalized spacial score (nSPS) is 16.9. The van der Waals surface area contributed by atoms with E-state index in [-0.39, 0.29) is 11.3 Å². The van der Waals surface area contributed by atoms with E-state index in [1.807, 2.05) is 57.2 Å². The molecular formula is C30H31NO5. The third-order valence-electron chi connectivity index (χ3n) is 6.04. The van der Waals surface area contributed by atoms with Crippen LogP contribution in [0.25, 0.3) is 5.76 Å². The van der Waals surface area contributed by atoms with Gasteiger partial charge in [-0.15, -0.1) is 0 Å². The Hall–Kier alpha value is -4.06. The van der Waals surface area contributed by atoms with Crippen molar-refractivity contribution in [3.05, 3.63) is 95.1 Å². The number of aryl methyl sites for hydroxylation is 1. The van der Waals surface area contributed by atoms with E-state index in [4.69, 9.17) is 9.47 Å². The van der Waals surface area contributed by atoms with Gasteiger partial charge in [0.25, 0.3) is 11.7 Å². The molecule has 1 aliphatic heterocycles. The van der Waals surface area contributed by atoms with Gasteiger partial charge < -0.3 is 14.6 Å². The summed E-state index contributed by atoms with van der Waals surface area (Å²) in [4.78, 5) is 28.2. The lowest BCUT2D eigenvalue weighted by atomic mass is 9.94. The third kappa shape index (κ3) is 4.98. The van der Waals surface area contributed by atoms with Crippen LogP contribution in [0.5, 0.6) is 11.5 Å². The number of aliphatic hydroxyl groups is 1. The first-order valence-corrected chi connectivity index (χ1v) is 12.3. The van der Waals surface area contributed by atoms with Crippen molar-refractivity contribution in [1.82, 2.24) is 0 Å². The van der Waals surface area contributed by atoms with E-state index in [0.717, 1.165) is 29.7 Å². The molecule has 0 bridgehead atoms. The second-order valence-corrected chi connectivity index (χ2v) is 8.75. The molecule has 0 spiro atoms. The molecule has 1 amide bonds. The van der Waals surface area contributed by atoms with Crippen molar-refractivity contribution in [3.8, 4) is 11.5 Å². The maximum absolute atomic E-state index is 13.4. The van der Waals surface area contributed by atoms with E-state index in [1.165, 1.54) is 4.90 Å². The van der Waals surface area contributed by atoms with Crippen molar-refractivity contribution in [3.63, 3.8) is 0 Å². The minimum atomic E-state index is -0.788. The second kappa shape index (κ2) is 11.1. The number of carbonyl (C=O) groups is 2. The molecule has 0 aliphatic carbocycles. The van der Waals surface area contributed by atoms with Crippen LogP contribution in [0.15, 0.2) is 78.4 Å². The SMILES string of the molecule is CCCOc1cccc(N2C(=O)C(=O)/C(=C(/O)c3ccc(OCCC)c(C)c3)C2c2ccccc2)c1. The number of Topliss-reactive ketones (excluding diaryl/α,β-unsaturated/α-hetero) is 1. The van der Waals surface area contributed by atoms with Crippen molar-refractivity contribution >= 4 is 23.1 Å². The monoisotopic (exact) mass is 485 g/mol. The van der Waals surface area contributed by atoms with Gasteiger partial charge in [0.1, 0.15) is 17.3 Å². The molecule has 0 aromatic heterocycles. The fourth-order valence-corrected chi connectivity index (χ4v) is 4.32. The van der Waals surface area contributed by atoms with Crippen molar-refractivity contribution in [2.45, 2.75) is 39.7 Å². The summed E-state index contributed by atoms with van der Waals surface area (Å²) in [7, 11) is 0. The zero-order valence-electron chi connectivity index (χ0n) is 20.9. The molecule has 0 saturated carbocycles. The second-order valence-electron chi connectivity index (χ2n) is 8.75. The number of ether oxygens (including phenoxy) is 2. The molecule has 6 nitrogen and oxygen atoms in total. The summed E-state index contributed by atoms with van der Waals surface area (Å²) < 4.78 is 11.5. The quantitative estimate of drug-likeness (QED) is 0.222. The van der Waals surface area contributed by atoms with Crippen molar-refractivity contribution in [2.75, 3.05) is 18.1 Å². The number of anilines is 1. The van der Waals surface area contributed by atoms with Crippen LogP contribution in [-0.2, 0) is 9.59 Å². The molecule has 3 aromatic carbocycles. The predicted octanol–water partition coefficient (Wildman–Crippen LogP) is 6.20. The average Bonchev–Trinajstić information content (AvgIpc) is 3.17. The summed E-state index contributed by atoms with van der Waals surface area (Å²) in [6, 6.07) is 20.9. The summed E-state index contributed by atoms with van der Waals surface area (Å²) in [6.45, 7) is 7.07. The summed E-state index contributed by atoms with van der Waals surface area (Å²) in [5.74, 6) is -0.310. The Kier molecular flexibility index (Phi) is 7.74. The first-order chi connectivity index (χ1) is 17.5. The molecule has 3 aromatic rings. The third-order valence-corrected chi connectivity index (χ3v) is 6.04. The molecule has 36 heavy (non-hydrogen) atoms. The molecular weight excluding hydrogens is 454 g/mol. The molecule has 1 saturated heterocycles. The lowest BCUT2D eigenvalue weighted by molar-refractivity contribution is -0.132. The molecule has 1 heterocycles. The molecule has 1 fully saturated rings. The van der Waals surface area contributed by atoms with Gasteiger partial charge in [-0.25, -0.2) is 0 Å². The van der Waals surface area contributed by atoms with Crippen molar-refractivity contribution < 1.29 is 24.2 Å². The highest BCUT2D eigenvalue weighted by molar-refractivity contribution is 6.51. The zero-order valence-corrected chi connectivity index (χ0v) is 20.9. The van der Waals surface area contributed by atoms with Crippen LogP contribution in [0.1, 0.15) is 49.4 Å². The number of benzene rings is 3. The Labute approximate surface area is 211 Å². The Balaban J connectivity index is 1.83. The number of hydrogen-bond acceptors (Lipinski definition) is 5. The fourth-order valence-electron chi connectivity index (χ4n) is 4.32. The van der Waals surface area contributed by atoms with Gasteiger partial charge in [-0.3, -0.25) is 14.5 Å². The van der Waals surface area contributed by atoms with Gasteiger partial charge >= 0.3 is 0 Å². The number of hydrogen-bond donors (Lipinski definition) is 1. The average molecular weight is 486 g/mol. The Morgan fingerprint density at radius 3 is 2.31 bits per heavy atom. The van der Waals surface area contributed by atoms with Crippen LogP contribution < -0.4 is 14.4 Å². The number of amides is 1. The van der Waals surface area contributed by atoms with Crippen LogP contribution in [0.4, 0.5) is 5.69 Å². The highest BCUT2D eigenvalue weighted by atomic mass is 16.5. The minimum absolute atomic E-state index is 0.0488. The van der Waals surface area contributed by atoms with Gasteiger partial charge in [-0.1, -0.05) is 50.2 Å². The molecule has 1 N–H and O–H groups in total. The smallest absolute Gasteiger partial charge is 0.300 e. The molecule has 1 atom stereocenters. The number of ketones is 1. The molecule has 1 aliphatic rings. The fraction of sp³-hybridized carbons (Fsp3) is 0.267. The Morgan fingerprint density at radius 1 is 0.889 bits per heavy atom. The number of carbonyl (C=O) groups excluding carboxylic acids is 2. The van der Waals surface area contributed by atoms with Gasteiger partial charge in [0, 0.05) is 17.3 Å². The molecule has 0 radical (unpaired) electrons.